The average molecular weight is 687 g/mol. The highest BCUT2D eigenvalue weighted by molar-refractivity contribution is 6.19. The highest BCUT2D eigenvalue weighted by atomic mass is 19.1. The van der Waals surface area contributed by atoms with E-state index in [1.54, 1.807) is 19.2 Å². The van der Waals surface area contributed by atoms with Crippen LogP contribution in [0.25, 0.3) is 55.3 Å². The Hall–Kier alpha value is -4.47. The minimum Gasteiger partial charge on any atom is -0.461 e. The molecule has 0 unspecified atom stereocenters. The monoisotopic (exact) mass is 686 g/mol. The molecule has 5 aromatic heterocycles. The van der Waals surface area contributed by atoms with Crippen LogP contribution in [0.5, 0.6) is 6.01 Å². The number of rotatable bonds is 6. The lowest BCUT2D eigenvalue weighted by Gasteiger charge is -2.31. The Balaban J connectivity index is 1.29. The third-order valence-electron chi connectivity index (χ3n) is 10.9. The quantitative estimate of drug-likeness (QED) is 0.263. The van der Waals surface area contributed by atoms with Gasteiger partial charge in [0.2, 0.25) is 0 Å². The number of aryl methyl sites for hydroxylation is 3. The van der Waals surface area contributed by atoms with Crippen LogP contribution in [-0.4, -0.2) is 113 Å². The topological polar surface area (TPSA) is 135 Å². The molecule has 6 aromatic rings. The number of nitrogens with one attached hydrogen (secondary N) is 1. The molecule has 3 fully saturated rings. The van der Waals surface area contributed by atoms with Crippen LogP contribution in [0.4, 0.5) is 14.6 Å². The summed E-state index contributed by atoms with van der Waals surface area (Å²) < 4.78 is 46.1. The maximum Gasteiger partial charge on any atom is 0.320 e. The SMILES string of the molecule is CCc1c(F)ccc2nc3[nH]ncc3c(-c3nn(C)c4c5c(N6CCOC[C@@](C)(O)C6)nc(OC[C@@]67CCCN6C[C@H](F)C7)nc5n(C)c34)c12. The molecule has 0 saturated carbocycles. The van der Waals surface area contributed by atoms with Gasteiger partial charge in [0, 0.05) is 49.9 Å². The normalized spacial score (nSPS) is 24.7. The van der Waals surface area contributed by atoms with Crippen LogP contribution in [0.1, 0.15) is 38.7 Å². The number of fused-ring (bicyclic) bond motifs is 6. The van der Waals surface area contributed by atoms with E-state index in [1.165, 1.54) is 6.07 Å². The maximum absolute atomic E-state index is 15.4. The van der Waals surface area contributed by atoms with Crippen molar-refractivity contribution in [3.05, 3.63) is 29.7 Å². The number of halogens is 2. The first kappa shape index (κ1) is 31.5. The fourth-order valence-electron chi connectivity index (χ4n) is 8.76. The summed E-state index contributed by atoms with van der Waals surface area (Å²) in [7, 11) is 3.80. The summed E-state index contributed by atoms with van der Waals surface area (Å²) in [6.07, 6.45) is 3.58. The van der Waals surface area contributed by atoms with Gasteiger partial charge in [-0.1, -0.05) is 6.92 Å². The van der Waals surface area contributed by atoms with Crippen LogP contribution in [0.15, 0.2) is 18.3 Å². The van der Waals surface area contributed by atoms with Crippen molar-refractivity contribution in [2.24, 2.45) is 14.1 Å². The zero-order valence-corrected chi connectivity index (χ0v) is 28.6. The van der Waals surface area contributed by atoms with E-state index < -0.39 is 11.8 Å². The Kier molecular flexibility index (Phi) is 7.10. The molecule has 0 amide bonds. The van der Waals surface area contributed by atoms with Crippen molar-refractivity contribution < 1.29 is 23.4 Å². The fraction of sp³-hybridized carbons (Fsp3) is 0.514. The van der Waals surface area contributed by atoms with Crippen molar-refractivity contribution in [3.63, 3.8) is 0 Å². The number of nitrogens with zero attached hydrogens (tertiary/aromatic N) is 9. The fourth-order valence-corrected chi connectivity index (χ4v) is 8.76. The summed E-state index contributed by atoms with van der Waals surface area (Å²) in [5.41, 5.74) is 3.76. The lowest BCUT2D eigenvalue weighted by atomic mass is 9.95. The molecule has 50 heavy (non-hydrogen) atoms. The molecule has 15 heteroatoms. The predicted molar refractivity (Wildman–Crippen MR) is 185 cm³/mol. The zero-order chi connectivity index (χ0) is 34.5. The number of H-pyrrole nitrogens is 1. The van der Waals surface area contributed by atoms with Crippen LogP contribution < -0.4 is 9.64 Å². The Morgan fingerprint density at radius 3 is 2.84 bits per heavy atom. The van der Waals surface area contributed by atoms with Crippen LogP contribution in [0, 0.1) is 5.82 Å². The second-order valence-electron chi connectivity index (χ2n) is 14.5. The third kappa shape index (κ3) is 4.69. The molecule has 0 bridgehead atoms. The summed E-state index contributed by atoms with van der Waals surface area (Å²) >= 11 is 0. The van der Waals surface area contributed by atoms with Crippen molar-refractivity contribution in [2.45, 2.75) is 56.8 Å². The maximum atomic E-state index is 15.4. The van der Waals surface area contributed by atoms with E-state index in [0.29, 0.717) is 71.8 Å². The first-order valence-corrected chi connectivity index (χ1v) is 17.3. The Morgan fingerprint density at radius 2 is 2.00 bits per heavy atom. The number of hydrogen-bond acceptors (Lipinski definition) is 10. The average Bonchev–Trinajstić information content (AvgIpc) is 3.87. The van der Waals surface area contributed by atoms with Crippen molar-refractivity contribution in [3.8, 4) is 17.3 Å². The van der Waals surface area contributed by atoms with Crippen LogP contribution in [0.3, 0.4) is 0 Å². The predicted octanol–water partition coefficient (Wildman–Crippen LogP) is 4.19. The van der Waals surface area contributed by atoms with E-state index >= 15 is 4.39 Å². The van der Waals surface area contributed by atoms with Gasteiger partial charge in [-0.05, 0) is 50.4 Å². The summed E-state index contributed by atoms with van der Waals surface area (Å²) in [5, 5.41) is 25.8. The van der Waals surface area contributed by atoms with Crippen LogP contribution in [0.2, 0.25) is 0 Å². The summed E-state index contributed by atoms with van der Waals surface area (Å²) in [4.78, 5) is 19.0. The van der Waals surface area contributed by atoms with E-state index in [0.717, 1.165) is 46.8 Å². The molecule has 3 atom stereocenters. The molecule has 3 saturated heterocycles. The van der Waals surface area contributed by atoms with Crippen LogP contribution >= 0.6 is 0 Å². The minimum atomic E-state index is -1.13. The minimum absolute atomic E-state index is 0.184. The first-order chi connectivity index (χ1) is 24.1. The van der Waals surface area contributed by atoms with Crippen molar-refractivity contribution in [1.82, 2.24) is 44.4 Å². The van der Waals surface area contributed by atoms with E-state index in [2.05, 4.69) is 15.1 Å². The zero-order valence-electron chi connectivity index (χ0n) is 28.6. The molecule has 13 nitrogen and oxygen atoms in total. The smallest absolute Gasteiger partial charge is 0.320 e. The standard InChI is InChI=1S/C35H40F2N10O3/c1-5-20-22(37)7-8-23-24(20)25(21-14-38-42-30(21)39-23)27-29-28(45(4)43-27)26-31(44(29)3)40-33(41-32(26)46-11-12-49-17-34(2,48)16-46)50-18-35-9-6-10-47(35)15-19(36)13-35/h7-8,14,19,48H,5-6,9-13,15-18H2,1-4H3,(H,38,39,42)/t19-,34+,35+/m1/s1. The number of aromatic nitrogens is 8. The number of ether oxygens (including phenoxy) is 2. The molecule has 9 rings (SSSR count). The number of β-amino-alcohol motifs (C(OH)–C–C–N with tert-alkyl or cyclic N) is 1. The number of aliphatic hydroxyl groups is 1. The Bertz CT molecular complexity index is 2310. The highest BCUT2D eigenvalue weighted by Crippen LogP contribution is 2.45. The second-order valence-corrected chi connectivity index (χ2v) is 14.5. The summed E-state index contributed by atoms with van der Waals surface area (Å²) in [6, 6.07) is 3.33. The number of pyridine rings is 1. The first-order valence-electron chi connectivity index (χ1n) is 17.3. The highest BCUT2D eigenvalue weighted by Gasteiger charge is 2.49. The van der Waals surface area contributed by atoms with E-state index in [-0.39, 0.29) is 37.1 Å². The third-order valence-corrected chi connectivity index (χ3v) is 10.9. The summed E-state index contributed by atoms with van der Waals surface area (Å²) in [5.74, 6) is 0.280. The second kappa shape index (κ2) is 11.3. The van der Waals surface area contributed by atoms with E-state index in [9.17, 15) is 9.50 Å². The lowest BCUT2D eigenvalue weighted by molar-refractivity contribution is -0.0123. The summed E-state index contributed by atoms with van der Waals surface area (Å²) in [6.45, 7) is 6.57. The molecule has 8 heterocycles. The van der Waals surface area contributed by atoms with E-state index in [4.69, 9.17) is 29.5 Å². The molecular weight excluding hydrogens is 646 g/mol. The molecular formula is C35H40F2N10O3. The molecule has 0 radical (unpaired) electrons. The van der Waals surface area contributed by atoms with Gasteiger partial charge in [0.25, 0.3) is 0 Å². The molecule has 1 aromatic carbocycles. The van der Waals surface area contributed by atoms with Crippen molar-refractivity contribution in [2.75, 3.05) is 50.9 Å². The molecule has 3 aliphatic rings. The van der Waals surface area contributed by atoms with Gasteiger partial charge in [-0.3, -0.25) is 14.7 Å². The van der Waals surface area contributed by atoms with Gasteiger partial charge >= 0.3 is 6.01 Å². The number of benzene rings is 1. The van der Waals surface area contributed by atoms with Crippen molar-refractivity contribution in [1.29, 1.82) is 0 Å². The number of anilines is 1. The van der Waals surface area contributed by atoms with Gasteiger partial charge in [0.15, 0.2) is 11.3 Å². The molecule has 2 N–H and O–H groups in total. The van der Waals surface area contributed by atoms with Gasteiger partial charge in [0.1, 0.15) is 35.7 Å². The van der Waals surface area contributed by atoms with Gasteiger partial charge in [-0.25, -0.2) is 13.8 Å². The van der Waals surface area contributed by atoms with Crippen LogP contribution in [-0.2, 0) is 25.3 Å². The number of hydrogen-bond donors (Lipinski definition) is 2. The van der Waals surface area contributed by atoms with Crippen molar-refractivity contribution >= 4 is 49.8 Å². The number of alkyl halides is 1. The molecule has 0 spiro atoms. The number of aromatic amines is 1. The van der Waals surface area contributed by atoms with Gasteiger partial charge in [0.05, 0.1) is 53.4 Å². The molecule has 0 aliphatic carbocycles. The largest absolute Gasteiger partial charge is 0.461 e. The van der Waals surface area contributed by atoms with Gasteiger partial charge in [-0.15, -0.1) is 0 Å². The van der Waals surface area contributed by atoms with E-state index in [1.807, 2.05) is 35.2 Å². The lowest BCUT2D eigenvalue weighted by Crippen LogP contribution is -2.44. The molecule has 262 valence electrons. The van der Waals surface area contributed by atoms with Gasteiger partial charge < -0.3 is 24.0 Å². The van der Waals surface area contributed by atoms with Gasteiger partial charge in [-0.2, -0.15) is 20.2 Å². The molecule has 3 aliphatic heterocycles. The Morgan fingerprint density at radius 1 is 1.14 bits per heavy atom. The Labute approximate surface area is 286 Å².